The molecule has 1 aromatic carbocycles. The number of hydrogen-bond acceptors (Lipinski definition) is 3. The molecule has 0 bridgehead atoms. The van der Waals surface area contributed by atoms with Gasteiger partial charge in [-0.2, -0.15) is 0 Å². The van der Waals surface area contributed by atoms with Crippen LogP contribution in [0.25, 0.3) is 0 Å². The van der Waals surface area contributed by atoms with Gasteiger partial charge in [0, 0.05) is 28.9 Å². The van der Waals surface area contributed by atoms with Gasteiger partial charge in [-0.15, -0.1) is 11.3 Å². The summed E-state index contributed by atoms with van der Waals surface area (Å²) in [5, 5.41) is 3.10. The molecule has 1 saturated carbocycles. The Labute approximate surface area is 142 Å². The van der Waals surface area contributed by atoms with Gasteiger partial charge in [-0.05, 0) is 43.9 Å². The predicted molar refractivity (Wildman–Crippen MR) is 95.6 cm³/mol. The largest absolute Gasteiger partial charge is 0.352 e. The highest BCUT2D eigenvalue weighted by molar-refractivity contribution is 7.11. The number of carbonyl (C=O) groups excluding carboxylic acids is 1. The average Bonchev–Trinajstić information content (AvgIpc) is 3.26. The summed E-state index contributed by atoms with van der Waals surface area (Å²) < 4.78 is 0. The summed E-state index contributed by atoms with van der Waals surface area (Å²) in [5.41, 5.74) is 1.32. The molecule has 122 valence electrons. The van der Waals surface area contributed by atoms with Gasteiger partial charge in [0.25, 0.3) is 0 Å². The van der Waals surface area contributed by atoms with Gasteiger partial charge in [-0.25, -0.2) is 0 Å². The number of thiophene rings is 1. The molecule has 1 fully saturated rings. The fourth-order valence-corrected chi connectivity index (χ4v) is 3.57. The van der Waals surface area contributed by atoms with E-state index in [1.165, 1.54) is 15.3 Å². The van der Waals surface area contributed by atoms with Gasteiger partial charge < -0.3 is 5.32 Å². The first-order valence-corrected chi connectivity index (χ1v) is 9.11. The lowest BCUT2D eigenvalue weighted by molar-refractivity contribution is -0.122. The van der Waals surface area contributed by atoms with Crippen LogP contribution in [0.4, 0.5) is 0 Å². The third kappa shape index (κ3) is 5.48. The second-order valence-electron chi connectivity index (χ2n) is 6.30. The molecule has 1 N–H and O–H groups in total. The Balaban J connectivity index is 1.58. The third-order valence-corrected chi connectivity index (χ3v) is 5.03. The van der Waals surface area contributed by atoms with Gasteiger partial charge in [-0.1, -0.05) is 30.3 Å². The zero-order chi connectivity index (χ0) is 16.1. The standard InChI is InChI=1S/C19H24N2OS/c1-15-7-10-18(23-15)13-21(14-19(22)20-17-8-9-17)12-11-16-5-3-2-4-6-16/h2-7,10,17H,8-9,11-14H2,1H3,(H,20,22). The lowest BCUT2D eigenvalue weighted by atomic mass is 10.1. The van der Waals surface area contributed by atoms with E-state index < -0.39 is 0 Å². The van der Waals surface area contributed by atoms with Crippen molar-refractivity contribution in [2.75, 3.05) is 13.1 Å². The number of amides is 1. The topological polar surface area (TPSA) is 32.3 Å². The summed E-state index contributed by atoms with van der Waals surface area (Å²) >= 11 is 1.82. The minimum Gasteiger partial charge on any atom is -0.352 e. The monoisotopic (exact) mass is 328 g/mol. The van der Waals surface area contributed by atoms with Gasteiger partial charge >= 0.3 is 0 Å². The van der Waals surface area contributed by atoms with E-state index in [1.807, 2.05) is 17.4 Å². The number of nitrogens with one attached hydrogen (secondary N) is 1. The summed E-state index contributed by atoms with van der Waals surface area (Å²) in [5.74, 6) is 0.161. The maximum atomic E-state index is 12.2. The van der Waals surface area contributed by atoms with Gasteiger partial charge in [0.1, 0.15) is 0 Å². The van der Waals surface area contributed by atoms with Crippen molar-refractivity contribution >= 4 is 17.2 Å². The van der Waals surface area contributed by atoms with Crippen LogP contribution in [0, 0.1) is 6.92 Å². The highest BCUT2D eigenvalue weighted by Gasteiger charge is 2.24. The van der Waals surface area contributed by atoms with E-state index in [4.69, 9.17) is 0 Å². The molecule has 4 heteroatoms. The van der Waals surface area contributed by atoms with Crippen LogP contribution >= 0.6 is 11.3 Å². The highest BCUT2D eigenvalue weighted by atomic mass is 32.1. The molecule has 1 heterocycles. The van der Waals surface area contributed by atoms with Crippen LogP contribution in [0.15, 0.2) is 42.5 Å². The van der Waals surface area contributed by atoms with E-state index in [-0.39, 0.29) is 5.91 Å². The number of rotatable bonds is 8. The zero-order valence-corrected chi connectivity index (χ0v) is 14.4. The minimum absolute atomic E-state index is 0.161. The first kappa shape index (κ1) is 16.2. The first-order chi connectivity index (χ1) is 11.2. The quantitative estimate of drug-likeness (QED) is 0.806. The molecule has 1 aromatic heterocycles. The number of benzene rings is 1. The normalized spacial score (nSPS) is 14.2. The van der Waals surface area contributed by atoms with Crippen molar-refractivity contribution in [3.63, 3.8) is 0 Å². The molecule has 0 aliphatic heterocycles. The van der Waals surface area contributed by atoms with E-state index in [9.17, 15) is 4.79 Å². The predicted octanol–water partition coefficient (Wildman–Crippen LogP) is 3.38. The van der Waals surface area contributed by atoms with E-state index >= 15 is 0 Å². The molecule has 3 rings (SSSR count). The molecule has 0 unspecified atom stereocenters. The second kappa shape index (κ2) is 7.75. The minimum atomic E-state index is 0.161. The van der Waals surface area contributed by atoms with Crippen LogP contribution in [0.2, 0.25) is 0 Å². The molecule has 0 radical (unpaired) electrons. The SMILES string of the molecule is Cc1ccc(CN(CCc2ccccc2)CC(=O)NC2CC2)s1. The van der Waals surface area contributed by atoms with Gasteiger partial charge in [0.15, 0.2) is 0 Å². The molecular formula is C19H24N2OS. The fourth-order valence-electron chi connectivity index (χ4n) is 2.64. The molecule has 23 heavy (non-hydrogen) atoms. The summed E-state index contributed by atoms with van der Waals surface area (Å²) in [6.45, 7) is 4.37. The first-order valence-electron chi connectivity index (χ1n) is 8.30. The Hall–Kier alpha value is -1.65. The van der Waals surface area contributed by atoms with Crippen molar-refractivity contribution < 1.29 is 4.79 Å². The third-order valence-electron chi connectivity index (χ3n) is 4.04. The van der Waals surface area contributed by atoms with Crippen LogP contribution < -0.4 is 5.32 Å². The van der Waals surface area contributed by atoms with Gasteiger partial charge in [-0.3, -0.25) is 9.69 Å². The van der Waals surface area contributed by atoms with E-state index in [1.54, 1.807) is 0 Å². The Morgan fingerprint density at radius 1 is 1.22 bits per heavy atom. The van der Waals surface area contributed by atoms with E-state index in [2.05, 4.69) is 53.5 Å². The molecule has 1 amide bonds. The summed E-state index contributed by atoms with van der Waals surface area (Å²) in [7, 11) is 0. The van der Waals surface area contributed by atoms with Crippen molar-refractivity contribution in [3.05, 3.63) is 57.8 Å². The maximum absolute atomic E-state index is 12.2. The van der Waals surface area contributed by atoms with Crippen molar-refractivity contribution in [1.82, 2.24) is 10.2 Å². The van der Waals surface area contributed by atoms with E-state index in [0.717, 1.165) is 32.4 Å². The summed E-state index contributed by atoms with van der Waals surface area (Å²) in [4.78, 5) is 17.1. The highest BCUT2D eigenvalue weighted by Crippen LogP contribution is 2.19. The molecular weight excluding hydrogens is 304 g/mol. The van der Waals surface area contributed by atoms with Crippen LogP contribution in [-0.4, -0.2) is 29.9 Å². The molecule has 1 aliphatic rings. The average molecular weight is 328 g/mol. The maximum Gasteiger partial charge on any atom is 0.234 e. The zero-order valence-electron chi connectivity index (χ0n) is 13.6. The second-order valence-corrected chi connectivity index (χ2v) is 7.67. The number of aryl methyl sites for hydroxylation is 1. The molecule has 2 aromatic rings. The van der Waals surface area contributed by atoms with Crippen molar-refractivity contribution in [2.45, 2.75) is 38.8 Å². The van der Waals surface area contributed by atoms with Crippen LogP contribution in [0.1, 0.15) is 28.2 Å². The van der Waals surface area contributed by atoms with Crippen molar-refractivity contribution in [3.8, 4) is 0 Å². The Bertz CT molecular complexity index is 634. The molecule has 0 saturated heterocycles. The summed E-state index contributed by atoms with van der Waals surface area (Å²) in [6.07, 6.45) is 3.25. The van der Waals surface area contributed by atoms with Gasteiger partial charge in [0.05, 0.1) is 6.54 Å². The van der Waals surface area contributed by atoms with E-state index in [0.29, 0.717) is 12.6 Å². The molecule has 0 spiro atoms. The van der Waals surface area contributed by atoms with Crippen LogP contribution in [0.3, 0.4) is 0 Å². The number of hydrogen-bond donors (Lipinski definition) is 1. The molecule has 0 atom stereocenters. The van der Waals surface area contributed by atoms with Crippen LogP contribution in [-0.2, 0) is 17.8 Å². The fraction of sp³-hybridized carbons (Fsp3) is 0.421. The Morgan fingerprint density at radius 2 is 2.00 bits per heavy atom. The smallest absolute Gasteiger partial charge is 0.234 e. The Morgan fingerprint density at radius 3 is 2.65 bits per heavy atom. The number of nitrogens with zero attached hydrogens (tertiary/aromatic N) is 1. The Kier molecular flexibility index (Phi) is 5.47. The molecule has 1 aliphatic carbocycles. The molecule has 3 nitrogen and oxygen atoms in total. The van der Waals surface area contributed by atoms with Gasteiger partial charge in [0.2, 0.25) is 5.91 Å². The number of carbonyl (C=O) groups is 1. The van der Waals surface area contributed by atoms with Crippen LogP contribution in [0.5, 0.6) is 0 Å². The van der Waals surface area contributed by atoms with Crippen molar-refractivity contribution in [2.24, 2.45) is 0 Å². The summed E-state index contributed by atoms with van der Waals surface area (Å²) in [6, 6.07) is 15.2. The lowest BCUT2D eigenvalue weighted by Crippen LogP contribution is -2.38. The van der Waals surface area contributed by atoms with Crippen molar-refractivity contribution in [1.29, 1.82) is 0 Å². The lowest BCUT2D eigenvalue weighted by Gasteiger charge is -2.21.